The minimum absolute atomic E-state index is 0.176. The molecule has 0 spiro atoms. The number of halogens is 2. The second-order valence-electron chi connectivity index (χ2n) is 3.28. The number of H-pyrrole nitrogens is 1. The van der Waals surface area contributed by atoms with Crippen LogP contribution in [0.2, 0.25) is 0 Å². The summed E-state index contributed by atoms with van der Waals surface area (Å²) in [4.78, 5) is 17.3. The first kappa shape index (κ1) is 11.8. The maximum atomic E-state index is 13.3. The summed E-state index contributed by atoms with van der Waals surface area (Å²) in [6.07, 6.45) is 0.588. The lowest BCUT2D eigenvalue weighted by molar-refractivity contribution is 0.111. The van der Waals surface area contributed by atoms with Gasteiger partial charge in [0.15, 0.2) is 12.1 Å². The van der Waals surface area contributed by atoms with Crippen LogP contribution in [0.25, 0.3) is 11.3 Å². The third-order valence-electron chi connectivity index (χ3n) is 2.17. The number of aldehydes is 1. The summed E-state index contributed by atoms with van der Waals surface area (Å²) in [7, 11) is 1.45. The maximum absolute atomic E-state index is 13.3. The van der Waals surface area contributed by atoms with Crippen molar-refractivity contribution < 1.29 is 13.9 Å². The molecule has 1 N–H and O–H groups in total. The van der Waals surface area contributed by atoms with Gasteiger partial charge in [-0.1, -0.05) is 0 Å². The number of imidazole rings is 1. The molecule has 2 aromatic rings. The van der Waals surface area contributed by atoms with E-state index in [4.69, 9.17) is 4.74 Å². The molecule has 0 aliphatic rings. The van der Waals surface area contributed by atoms with Gasteiger partial charge in [0.2, 0.25) is 0 Å². The Bertz CT molecular complexity index is 569. The Morgan fingerprint density at radius 2 is 2.24 bits per heavy atom. The molecule has 2 rings (SSSR count). The van der Waals surface area contributed by atoms with Gasteiger partial charge in [-0.05, 0) is 28.1 Å². The number of aromatic nitrogens is 2. The van der Waals surface area contributed by atoms with Gasteiger partial charge < -0.3 is 9.72 Å². The number of aromatic amines is 1. The van der Waals surface area contributed by atoms with Crippen molar-refractivity contribution in [1.82, 2.24) is 9.97 Å². The number of hydrogen-bond donors (Lipinski definition) is 1. The van der Waals surface area contributed by atoms with Gasteiger partial charge in [0.05, 0.1) is 7.11 Å². The summed E-state index contributed by atoms with van der Waals surface area (Å²) < 4.78 is 18.8. The second kappa shape index (κ2) is 4.67. The molecular weight excluding hydrogens is 291 g/mol. The van der Waals surface area contributed by atoms with E-state index in [2.05, 4.69) is 25.9 Å². The predicted octanol–water partition coefficient (Wildman–Crippen LogP) is 2.80. The van der Waals surface area contributed by atoms with Crippen molar-refractivity contribution >= 4 is 22.2 Å². The van der Waals surface area contributed by atoms with E-state index < -0.39 is 5.82 Å². The fourth-order valence-corrected chi connectivity index (χ4v) is 1.95. The zero-order valence-corrected chi connectivity index (χ0v) is 10.4. The number of rotatable bonds is 3. The summed E-state index contributed by atoms with van der Waals surface area (Å²) in [6, 6.07) is 4.22. The zero-order valence-electron chi connectivity index (χ0n) is 8.83. The van der Waals surface area contributed by atoms with E-state index in [0.717, 1.165) is 0 Å². The van der Waals surface area contributed by atoms with E-state index >= 15 is 0 Å². The molecule has 0 bridgehead atoms. The molecule has 88 valence electrons. The molecular formula is C11H8BrFN2O2. The molecule has 17 heavy (non-hydrogen) atoms. The largest absolute Gasteiger partial charge is 0.497 e. The minimum Gasteiger partial charge on any atom is -0.497 e. The van der Waals surface area contributed by atoms with Gasteiger partial charge in [-0.2, -0.15) is 0 Å². The van der Waals surface area contributed by atoms with E-state index in [0.29, 0.717) is 27.9 Å². The Morgan fingerprint density at radius 1 is 1.47 bits per heavy atom. The number of ether oxygens (including phenoxy) is 1. The number of hydrogen-bond acceptors (Lipinski definition) is 3. The number of carbonyl (C=O) groups excluding carboxylic acids is 1. The second-order valence-corrected chi connectivity index (χ2v) is 4.08. The van der Waals surface area contributed by atoms with Gasteiger partial charge in [-0.15, -0.1) is 0 Å². The first-order valence-electron chi connectivity index (χ1n) is 4.69. The fourth-order valence-electron chi connectivity index (χ4n) is 1.43. The maximum Gasteiger partial charge on any atom is 0.185 e. The molecule has 0 aliphatic heterocycles. The minimum atomic E-state index is -0.429. The van der Waals surface area contributed by atoms with Crippen LogP contribution in [0.1, 0.15) is 10.6 Å². The van der Waals surface area contributed by atoms with Gasteiger partial charge in [0, 0.05) is 11.6 Å². The zero-order chi connectivity index (χ0) is 12.4. The van der Waals surface area contributed by atoms with Crippen molar-refractivity contribution in [2.45, 2.75) is 0 Å². The van der Waals surface area contributed by atoms with Crippen molar-refractivity contribution in [3.8, 4) is 17.0 Å². The molecule has 0 unspecified atom stereocenters. The van der Waals surface area contributed by atoms with E-state index in [9.17, 15) is 9.18 Å². The Kier molecular flexibility index (Phi) is 3.23. The van der Waals surface area contributed by atoms with Gasteiger partial charge in [0.1, 0.15) is 21.9 Å². The third kappa shape index (κ3) is 2.36. The summed E-state index contributed by atoms with van der Waals surface area (Å²) in [6.45, 7) is 0. The molecule has 6 heteroatoms. The van der Waals surface area contributed by atoms with E-state index in [1.165, 1.54) is 19.2 Å². The van der Waals surface area contributed by atoms with Crippen molar-refractivity contribution in [2.75, 3.05) is 7.11 Å². The van der Waals surface area contributed by atoms with Crippen LogP contribution >= 0.6 is 15.9 Å². The topological polar surface area (TPSA) is 55.0 Å². The normalized spacial score (nSPS) is 10.3. The van der Waals surface area contributed by atoms with Crippen molar-refractivity contribution in [2.24, 2.45) is 0 Å². The third-order valence-corrected chi connectivity index (χ3v) is 2.74. The number of methoxy groups -OCH3 is 1. The molecule has 0 saturated carbocycles. The highest BCUT2D eigenvalue weighted by atomic mass is 79.9. The first-order chi connectivity index (χ1) is 8.13. The average Bonchev–Trinajstić information content (AvgIpc) is 2.69. The van der Waals surface area contributed by atoms with Crippen LogP contribution in [0.15, 0.2) is 22.8 Å². The molecule has 1 aromatic heterocycles. The van der Waals surface area contributed by atoms with Crippen molar-refractivity contribution in [3.05, 3.63) is 34.4 Å². The summed E-state index contributed by atoms with van der Waals surface area (Å²) >= 11 is 3.23. The highest BCUT2D eigenvalue weighted by molar-refractivity contribution is 9.10. The van der Waals surface area contributed by atoms with E-state index in [1.54, 1.807) is 6.07 Å². The van der Waals surface area contributed by atoms with Crippen molar-refractivity contribution in [3.63, 3.8) is 0 Å². The van der Waals surface area contributed by atoms with Gasteiger partial charge in [-0.25, -0.2) is 9.37 Å². The Hall–Kier alpha value is -1.69. The van der Waals surface area contributed by atoms with Gasteiger partial charge >= 0.3 is 0 Å². The number of nitrogens with zero attached hydrogens (tertiary/aromatic N) is 1. The van der Waals surface area contributed by atoms with Crippen LogP contribution < -0.4 is 4.74 Å². The quantitative estimate of drug-likeness (QED) is 0.887. The van der Waals surface area contributed by atoms with Crippen molar-refractivity contribution in [1.29, 1.82) is 0 Å². The molecule has 0 radical (unpaired) electrons. The number of benzene rings is 1. The molecule has 4 nitrogen and oxygen atoms in total. The fraction of sp³-hybridized carbons (Fsp3) is 0.0909. The van der Waals surface area contributed by atoms with Crippen LogP contribution in [0, 0.1) is 5.82 Å². The molecule has 0 aliphatic carbocycles. The number of nitrogens with one attached hydrogen (secondary N) is 1. The predicted molar refractivity (Wildman–Crippen MR) is 63.6 cm³/mol. The highest BCUT2D eigenvalue weighted by Gasteiger charge is 2.12. The lowest BCUT2D eigenvalue weighted by Crippen LogP contribution is -1.88. The Morgan fingerprint density at radius 3 is 2.82 bits per heavy atom. The summed E-state index contributed by atoms with van der Waals surface area (Å²) in [5.41, 5.74) is 0.989. The standard InChI is InChI=1S/C11H8BrFN2O2/c1-17-8-3-6(2-7(13)4-8)10-11(12)15-9(5-16)14-10/h2-5H,1H3,(H,14,15). The van der Waals surface area contributed by atoms with Crippen LogP contribution in [-0.4, -0.2) is 23.4 Å². The molecule has 1 aromatic carbocycles. The lowest BCUT2D eigenvalue weighted by atomic mass is 10.1. The molecule has 0 amide bonds. The Balaban J connectivity index is 2.55. The smallest absolute Gasteiger partial charge is 0.185 e. The monoisotopic (exact) mass is 298 g/mol. The van der Waals surface area contributed by atoms with Gasteiger partial charge in [0.25, 0.3) is 0 Å². The van der Waals surface area contributed by atoms with Crippen LogP contribution in [0.3, 0.4) is 0 Å². The van der Waals surface area contributed by atoms with Gasteiger partial charge in [-0.3, -0.25) is 4.79 Å². The highest BCUT2D eigenvalue weighted by Crippen LogP contribution is 2.29. The summed E-state index contributed by atoms with van der Waals surface area (Å²) in [5.74, 6) is 0.138. The summed E-state index contributed by atoms with van der Waals surface area (Å²) in [5, 5.41) is 0. The Labute approximate surface area is 105 Å². The molecule has 1 heterocycles. The first-order valence-corrected chi connectivity index (χ1v) is 5.49. The molecule has 0 atom stereocenters. The van der Waals surface area contributed by atoms with Crippen LogP contribution in [0.5, 0.6) is 5.75 Å². The lowest BCUT2D eigenvalue weighted by Gasteiger charge is -2.03. The van der Waals surface area contributed by atoms with E-state index in [-0.39, 0.29) is 5.82 Å². The van der Waals surface area contributed by atoms with E-state index in [1.807, 2.05) is 0 Å². The molecule has 0 fully saturated rings. The SMILES string of the molecule is COc1cc(F)cc(-c2nc(C=O)[nH]c2Br)c1. The molecule has 0 saturated heterocycles. The van der Waals surface area contributed by atoms with Crippen LogP contribution in [-0.2, 0) is 0 Å². The number of carbonyl (C=O) groups is 1. The van der Waals surface area contributed by atoms with Crippen LogP contribution in [0.4, 0.5) is 4.39 Å². The average molecular weight is 299 g/mol.